The molecule has 0 radical (unpaired) electrons. The second kappa shape index (κ2) is 4.64. The molecule has 1 amide bonds. The second-order valence-corrected chi connectivity index (χ2v) is 4.52. The van der Waals surface area contributed by atoms with Crippen molar-refractivity contribution >= 4 is 5.91 Å². The fourth-order valence-corrected chi connectivity index (χ4v) is 1.70. The molecule has 0 unspecified atom stereocenters. The summed E-state index contributed by atoms with van der Waals surface area (Å²) in [4.78, 5) is 11.6. The van der Waals surface area contributed by atoms with Gasteiger partial charge in [0.25, 0.3) is 0 Å². The predicted octanol–water partition coefficient (Wildman–Crippen LogP) is 2.34. The van der Waals surface area contributed by atoms with Gasteiger partial charge in [-0.05, 0) is 25.7 Å². The molecule has 1 fully saturated rings. The lowest BCUT2D eigenvalue weighted by Crippen LogP contribution is -2.39. The summed E-state index contributed by atoms with van der Waals surface area (Å²) >= 11 is 0. The van der Waals surface area contributed by atoms with E-state index in [9.17, 15) is 4.79 Å². The molecule has 1 saturated carbocycles. The fraction of sp³-hybridized carbons (Fsp3) is 0.909. The van der Waals surface area contributed by atoms with E-state index >= 15 is 0 Å². The van der Waals surface area contributed by atoms with Gasteiger partial charge < -0.3 is 5.32 Å². The van der Waals surface area contributed by atoms with Crippen LogP contribution in [0.1, 0.15) is 46.5 Å². The quantitative estimate of drug-likeness (QED) is 0.715. The first kappa shape index (κ1) is 10.6. The van der Waals surface area contributed by atoms with Crippen LogP contribution in [-0.4, -0.2) is 11.9 Å². The molecule has 1 atom stereocenters. The SMILES string of the molecule is CC(C)[C@@H](C)NC(=O)C1CCCC1. The highest BCUT2D eigenvalue weighted by atomic mass is 16.1. The van der Waals surface area contributed by atoms with E-state index in [1.807, 2.05) is 0 Å². The first-order valence-corrected chi connectivity index (χ1v) is 5.41. The summed E-state index contributed by atoms with van der Waals surface area (Å²) < 4.78 is 0. The molecule has 76 valence electrons. The third kappa shape index (κ3) is 3.02. The van der Waals surface area contributed by atoms with Gasteiger partial charge in [-0.3, -0.25) is 4.79 Å². The Balaban J connectivity index is 2.31. The summed E-state index contributed by atoms with van der Waals surface area (Å²) in [6.07, 6.45) is 4.65. The van der Waals surface area contributed by atoms with Gasteiger partial charge in [0.2, 0.25) is 5.91 Å². The molecule has 0 aromatic rings. The van der Waals surface area contributed by atoms with E-state index in [-0.39, 0.29) is 5.91 Å². The number of rotatable bonds is 3. The minimum absolute atomic E-state index is 0.277. The number of carbonyl (C=O) groups excluding carboxylic acids is 1. The highest BCUT2D eigenvalue weighted by Crippen LogP contribution is 2.24. The Kier molecular flexibility index (Phi) is 3.76. The van der Waals surface area contributed by atoms with E-state index in [1.54, 1.807) is 0 Å². The molecule has 0 saturated heterocycles. The van der Waals surface area contributed by atoms with E-state index in [2.05, 4.69) is 26.1 Å². The van der Waals surface area contributed by atoms with Gasteiger partial charge >= 0.3 is 0 Å². The fourth-order valence-electron chi connectivity index (χ4n) is 1.70. The van der Waals surface area contributed by atoms with Gasteiger partial charge in [-0.15, -0.1) is 0 Å². The van der Waals surface area contributed by atoms with Crippen molar-refractivity contribution in [1.29, 1.82) is 0 Å². The number of hydrogen-bond donors (Lipinski definition) is 1. The minimum Gasteiger partial charge on any atom is -0.353 e. The van der Waals surface area contributed by atoms with E-state index < -0.39 is 0 Å². The zero-order valence-corrected chi connectivity index (χ0v) is 8.97. The lowest BCUT2D eigenvalue weighted by atomic mass is 10.0. The van der Waals surface area contributed by atoms with Crippen LogP contribution < -0.4 is 5.32 Å². The van der Waals surface area contributed by atoms with E-state index in [0.29, 0.717) is 17.9 Å². The van der Waals surface area contributed by atoms with Crippen LogP contribution in [0, 0.1) is 11.8 Å². The molecule has 0 heterocycles. The molecule has 0 spiro atoms. The van der Waals surface area contributed by atoms with Crippen LogP contribution in [0.25, 0.3) is 0 Å². The normalized spacial score (nSPS) is 20.6. The van der Waals surface area contributed by atoms with Gasteiger partial charge in [0.05, 0.1) is 0 Å². The molecule has 0 aromatic carbocycles. The molecule has 1 N–H and O–H groups in total. The van der Waals surface area contributed by atoms with Gasteiger partial charge in [-0.1, -0.05) is 26.7 Å². The molecule has 0 bridgehead atoms. The molecule has 2 nitrogen and oxygen atoms in total. The van der Waals surface area contributed by atoms with Crippen molar-refractivity contribution in [2.75, 3.05) is 0 Å². The number of nitrogens with one attached hydrogen (secondary N) is 1. The average Bonchev–Trinajstić information content (AvgIpc) is 2.55. The molecule has 13 heavy (non-hydrogen) atoms. The van der Waals surface area contributed by atoms with Crippen molar-refractivity contribution in [3.63, 3.8) is 0 Å². The van der Waals surface area contributed by atoms with Crippen LogP contribution in [0.4, 0.5) is 0 Å². The lowest BCUT2D eigenvalue weighted by molar-refractivity contribution is -0.125. The zero-order chi connectivity index (χ0) is 9.84. The van der Waals surface area contributed by atoms with Crippen LogP contribution in [0.5, 0.6) is 0 Å². The van der Waals surface area contributed by atoms with Crippen LogP contribution >= 0.6 is 0 Å². The molecule has 1 aliphatic carbocycles. The number of hydrogen-bond acceptors (Lipinski definition) is 1. The Morgan fingerprint density at radius 2 is 1.77 bits per heavy atom. The predicted molar refractivity (Wildman–Crippen MR) is 54.4 cm³/mol. The maximum absolute atomic E-state index is 11.6. The van der Waals surface area contributed by atoms with E-state index in [0.717, 1.165) is 12.8 Å². The van der Waals surface area contributed by atoms with Crippen molar-refractivity contribution < 1.29 is 4.79 Å². The average molecular weight is 183 g/mol. The third-order valence-corrected chi connectivity index (χ3v) is 3.10. The maximum Gasteiger partial charge on any atom is 0.223 e. The summed E-state index contributed by atoms with van der Waals surface area (Å²) in [5.41, 5.74) is 0. The number of amides is 1. The Morgan fingerprint density at radius 1 is 1.23 bits per heavy atom. The lowest BCUT2D eigenvalue weighted by Gasteiger charge is -2.19. The monoisotopic (exact) mass is 183 g/mol. The molecular weight excluding hydrogens is 162 g/mol. The molecule has 2 heteroatoms. The molecule has 0 aromatic heterocycles. The molecule has 1 rings (SSSR count). The van der Waals surface area contributed by atoms with E-state index in [4.69, 9.17) is 0 Å². The zero-order valence-electron chi connectivity index (χ0n) is 8.97. The standard InChI is InChI=1S/C11H21NO/c1-8(2)9(3)12-11(13)10-6-4-5-7-10/h8-10H,4-7H2,1-3H3,(H,12,13)/t9-/m1/s1. The van der Waals surface area contributed by atoms with Gasteiger partial charge in [0.15, 0.2) is 0 Å². The van der Waals surface area contributed by atoms with Crippen LogP contribution in [0.3, 0.4) is 0 Å². The summed E-state index contributed by atoms with van der Waals surface area (Å²) in [5, 5.41) is 3.08. The van der Waals surface area contributed by atoms with Crippen molar-refractivity contribution in [2.45, 2.75) is 52.5 Å². The maximum atomic E-state index is 11.6. The van der Waals surface area contributed by atoms with Crippen molar-refractivity contribution in [3.8, 4) is 0 Å². The summed E-state index contributed by atoms with van der Waals surface area (Å²) in [7, 11) is 0. The highest BCUT2D eigenvalue weighted by molar-refractivity contribution is 5.79. The van der Waals surface area contributed by atoms with Gasteiger partial charge in [-0.2, -0.15) is 0 Å². The smallest absolute Gasteiger partial charge is 0.223 e. The second-order valence-electron chi connectivity index (χ2n) is 4.52. The molecular formula is C11H21NO. The first-order chi connectivity index (χ1) is 6.11. The van der Waals surface area contributed by atoms with Crippen molar-refractivity contribution in [1.82, 2.24) is 5.32 Å². The van der Waals surface area contributed by atoms with Gasteiger partial charge in [0, 0.05) is 12.0 Å². The summed E-state index contributed by atoms with van der Waals surface area (Å²) in [6, 6.07) is 0.313. The number of carbonyl (C=O) groups is 1. The summed E-state index contributed by atoms with van der Waals surface area (Å²) in [5.74, 6) is 1.12. The van der Waals surface area contributed by atoms with Gasteiger partial charge in [-0.25, -0.2) is 0 Å². The largest absolute Gasteiger partial charge is 0.353 e. The van der Waals surface area contributed by atoms with Gasteiger partial charge in [0.1, 0.15) is 0 Å². The van der Waals surface area contributed by atoms with E-state index in [1.165, 1.54) is 12.8 Å². The Hall–Kier alpha value is -0.530. The minimum atomic E-state index is 0.277. The van der Waals surface area contributed by atoms with Crippen molar-refractivity contribution in [3.05, 3.63) is 0 Å². The Morgan fingerprint density at radius 3 is 2.23 bits per heavy atom. The topological polar surface area (TPSA) is 29.1 Å². The third-order valence-electron chi connectivity index (χ3n) is 3.10. The molecule has 0 aliphatic heterocycles. The van der Waals surface area contributed by atoms with Crippen LogP contribution in [0.15, 0.2) is 0 Å². The highest BCUT2D eigenvalue weighted by Gasteiger charge is 2.23. The van der Waals surface area contributed by atoms with Crippen LogP contribution in [-0.2, 0) is 4.79 Å². The Labute approximate surface area is 81.1 Å². The first-order valence-electron chi connectivity index (χ1n) is 5.41. The van der Waals surface area contributed by atoms with Crippen molar-refractivity contribution in [2.24, 2.45) is 11.8 Å². The van der Waals surface area contributed by atoms with Crippen LogP contribution in [0.2, 0.25) is 0 Å². The Bertz CT molecular complexity index is 171. The summed E-state index contributed by atoms with van der Waals surface area (Å²) in [6.45, 7) is 6.36. The molecule has 1 aliphatic rings.